The van der Waals surface area contributed by atoms with Gasteiger partial charge < -0.3 is 23.9 Å². The average Bonchev–Trinajstić information content (AvgIpc) is 3.49. The number of hydrogen-bond donors (Lipinski definition) is 1. The summed E-state index contributed by atoms with van der Waals surface area (Å²) >= 11 is 0. The molecule has 0 bridgehead atoms. The molecule has 2 aliphatic heterocycles. The van der Waals surface area contributed by atoms with E-state index >= 15 is 0 Å². The molecule has 8 nitrogen and oxygen atoms in total. The first-order chi connectivity index (χ1) is 13.9. The summed E-state index contributed by atoms with van der Waals surface area (Å²) in [5, 5.41) is 7.56. The van der Waals surface area contributed by atoms with Gasteiger partial charge in [0.05, 0.1) is 18.6 Å². The van der Waals surface area contributed by atoms with E-state index in [0.717, 1.165) is 89.3 Å². The van der Waals surface area contributed by atoms with Gasteiger partial charge in [0, 0.05) is 70.8 Å². The van der Waals surface area contributed by atoms with Gasteiger partial charge in [0.2, 0.25) is 0 Å². The second-order valence-corrected chi connectivity index (χ2v) is 7.40. The Morgan fingerprint density at radius 2 is 2.10 bits per heavy atom. The van der Waals surface area contributed by atoms with Gasteiger partial charge in [0.1, 0.15) is 12.0 Å². The van der Waals surface area contributed by atoms with Crippen LogP contribution in [-0.4, -0.2) is 73.4 Å². The number of nitrogens with zero attached hydrogens (tertiary/aromatic N) is 4. The van der Waals surface area contributed by atoms with Crippen molar-refractivity contribution in [2.45, 2.75) is 19.4 Å². The Balaban J connectivity index is 0.00000240. The highest BCUT2D eigenvalue weighted by Crippen LogP contribution is 2.13. The van der Waals surface area contributed by atoms with Gasteiger partial charge in [-0.1, -0.05) is 5.16 Å². The minimum absolute atomic E-state index is 0. The van der Waals surface area contributed by atoms with E-state index in [4.69, 9.17) is 18.7 Å². The van der Waals surface area contributed by atoms with Crippen LogP contribution in [0.15, 0.2) is 44.7 Å². The fourth-order valence-electron chi connectivity index (χ4n) is 3.63. The SMILES string of the molecule is I.c1coc(CCNC(=NCC2CCOC2)N2CCN(Cc3ccon3)CC2)c1. The zero-order valence-electron chi connectivity index (χ0n) is 16.7. The fourth-order valence-corrected chi connectivity index (χ4v) is 3.63. The van der Waals surface area contributed by atoms with Crippen molar-refractivity contribution >= 4 is 29.9 Å². The molecule has 9 heteroatoms. The smallest absolute Gasteiger partial charge is 0.194 e. The molecule has 0 spiro atoms. The molecule has 2 fully saturated rings. The quantitative estimate of drug-likeness (QED) is 0.344. The number of halogens is 1. The normalized spacial score (nSPS) is 20.6. The molecule has 0 aromatic carbocycles. The minimum Gasteiger partial charge on any atom is -0.469 e. The maximum absolute atomic E-state index is 5.49. The Kier molecular flexibility index (Phi) is 8.81. The van der Waals surface area contributed by atoms with Gasteiger partial charge in [-0.3, -0.25) is 9.89 Å². The highest BCUT2D eigenvalue weighted by molar-refractivity contribution is 14.0. The first-order valence-electron chi connectivity index (χ1n) is 10.1. The van der Waals surface area contributed by atoms with E-state index in [0.29, 0.717) is 5.92 Å². The number of rotatable bonds is 7. The number of piperazine rings is 1. The number of ether oxygens (including phenoxy) is 1. The molecule has 2 aromatic heterocycles. The van der Waals surface area contributed by atoms with E-state index in [2.05, 4.69) is 20.3 Å². The van der Waals surface area contributed by atoms with E-state index in [1.807, 2.05) is 18.2 Å². The predicted molar refractivity (Wildman–Crippen MR) is 120 cm³/mol. The Bertz CT molecular complexity index is 709. The topological polar surface area (TPSA) is 79.3 Å². The molecule has 2 aromatic rings. The summed E-state index contributed by atoms with van der Waals surface area (Å²) < 4.78 is 15.9. The summed E-state index contributed by atoms with van der Waals surface area (Å²) in [5.41, 5.74) is 0.986. The lowest BCUT2D eigenvalue weighted by molar-refractivity contribution is 0.168. The molecule has 2 aliphatic rings. The summed E-state index contributed by atoms with van der Waals surface area (Å²) in [5.74, 6) is 2.53. The van der Waals surface area contributed by atoms with Crippen LogP contribution in [0.2, 0.25) is 0 Å². The van der Waals surface area contributed by atoms with Crippen LogP contribution in [0.3, 0.4) is 0 Å². The van der Waals surface area contributed by atoms with Crippen LogP contribution < -0.4 is 5.32 Å². The molecule has 29 heavy (non-hydrogen) atoms. The fraction of sp³-hybridized carbons (Fsp3) is 0.600. The Hall–Kier alpha value is -1.59. The summed E-state index contributed by atoms with van der Waals surface area (Å²) in [6, 6.07) is 5.87. The number of nitrogens with one attached hydrogen (secondary N) is 1. The molecule has 0 saturated carbocycles. The first-order valence-corrected chi connectivity index (χ1v) is 10.1. The van der Waals surface area contributed by atoms with Crippen molar-refractivity contribution in [3.8, 4) is 0 Å². The van der Waals surface area contributed by atoms with Crippen molar-refractivity contribution in [3.05, 3.63) is 42.2 Å². The second kappa shape index (κ2) is 11.6. The highest BCUT2D eigenvalue weighted by atomic mass is 127. The third-order valence-electron chi connectivity index (χ3n) is 5.31. The van der Waals surface area contributed by atoms with Gasteiger partial charge in [-0.25, -0.2) is 0 Å². The number of aliphatic imine (C=N–C) groups is 1. The predicted octanol–water partition coefficient (Wildman–Crippen LogP) is 2.23. The van der Waals surface area contributed by atoms with Gasteiger partial charge in [-0.15, -0.1) is 24.0 Å². The van der Waals surface area contributed by atoms with Crippen LogP contribution >= 0.6 is 24.0 Å². The second-order valence-electron chi connectivity index (χ2n) is 7.40. The third kappa shape index (κ3) is 6.71. The van der Waals surface area contributed by atoms with Crippen molar-refractivity contribution in [1.82, 2.24) is 20.3 Å². The molecule has 2 saturated heterocycles. The van der Waals surface area contributed by atoms with Crippen molar-refractivity contribution in [1.29, 1.82) is 0 Å². The summed E-state index contributed by atoms with van der Waals surface area (Å²) in [7, 11) is 0. The van der Waals surface area contributed by atoms with E-state index in [1.165, 1.54) is 0 Å². The van der Waals surface area contributed by atoms with Crippen molar-refractivity contribution in [2.24, 2.45) is 10.9 Å². The van der Waals surface area contributed by atoms with Crippen LogP contribution in [0.1, 0.15) is 17.9 Å². The largest absolute Gasteiger partial charge is 0.469 e. The zero-order valence-corrected chi connectivity index (χ0v) is 19.0. The van der Waals surface area contributed by atoms with Crippen molar-refractivity contribution in [2.75, 3.05) is 52.5 Å². The number of aromatic nitrogens is 1. The lowest BCUT2D eigenvalue weighted by Gasteiger charge is -2.36. The molecule has 1 N–H and O–H groups in total. The van der Waals surface area contributed by atoms with Crippen LogP contribution in [0, 0.1) is 5.92 Å². The van der Waals surface area contributed by atoms with Gasteiger partial charge >= 0.3 is 0 Å². The zero-order chi connectivity index (χ0) is 19.0. The number of furan rings is 1. The maximum Gasteiger partial charge on any atom is 0.194 e. The maximum atomic E-state index is 5.49. The molecule has 1 unspecified atom stereocenters. The van der Waals surface area contributed by atoms with Gasteiger partial charge in [0.25, 0.3) is 0 Å². The molecule has 160 valence electrons. The van der Waals surface area contributed by atoms with Gasteiger partial charge in [0.15, 0.2) is 5.96 Å². The van der Waals surface area contributed by atoms with Gasteiger partial charge in [-0.05, 0) is 18.6 Å². The Labute approximate surface area is 188 Å². The van der Waals surface area contributed by atoms with Crippen LogP contribution in [0.4, 0.5) is 0 Å². The Morgan fingerprint density at radius 1 is 1.21 bits per heavy atom. The molecule has 0 radical (unpaired) electrons. The van der Waals surface area contributed by atoms with E-state index in [9.17, 15) is 0 Å². The molecule has 0 amide bonds. The summed E-state index contributed by atoms with van der Waals surface area (Å²) in [6.45, 7) is 8.03. The molecule has 0 aliphatic carbocycles. The van der Waals surface area contributed by atoms with Crippen LogP contribution in [-0.2, 0) is 17.7 Å². The monoisotopic (exact) mass is 515 g/mol. The molecular weight excluding hydrogens is 485 g/mol. The molecule has 4 heterocycles. The van der Waals surface area contributed by atoms with Crippen LogP contribution in [0.5, 0.6) is 0 Å². The lowest BCUT2D eigenvalue weighted by atomic mass is 10.1. The van der Waals surface area contributed by atoms with Crippen molar-refractivity contribution < 1.29 is 13.7 Å². The highest BCUT2D eigenvalue weighted by Gasteiger charge is 2.21. The van der Waals surface area contributed by atoms with E-state index < -0.39 is 0 Å². The third-order valence-corrected chi connectivity index (χ3v) is 5.31. The van der Waals surface area contributed by atoms with E-state index in [1.54, 1.807) is 12.5 Å². The minimum atomic E-state index is 0. The summed E-state index contributed by atoms with van der Waals surface area (Å²) in [6.07, 6.45) is 5.31. The lowest BCUT2D eigenvalue weighted by Crippen LogP contribution is -2.52. The molecular formula is C20H30IN5O3. The number of guanidine groups is 1. The average molecular weight is 515 g/mol. The molecule has 4 rings (SSSR count). The van der Waals surface area contributed by atoms with Crippen LogP contribution in [0.25, 0.3) is 0 Å². The van der Waals surface area contributed by atoms with E-state index in [-0.39, 0.29) is 24.0 Å². The standard InChI is InChI=1S/C20H29N5O3.HI/c1-2-19(27-11-1)3-6-21-20(22-14-17-4-12-26-16-17)25-9-7-24(8-10-25)15-18-5-13-28-23-18;/h1-2,5,11,13,17H,3-4,6-10,12,14-16H2,(H,21,22);1H. The summed E-state index contributed by atoms with van der Waals surface area (Å²) in [4.78, 5) is 9.68. The Morgan fingerprint density at radius 3 is 2.79 bits per heavy atom. The molecule has 1 atom stereocenters. The first kappa shape index (κ1) is 22.1. The number of hydrogen-bond acceptors (Lipinski definition) is 6. The van der Waals surface area contributed by atoms with Gasteiger partial charge in [-0.2, -0.15) is 0 Å². The van der Waals surface area contributed by atoms with Crippen molar-refractivity contribution in [3.63, 3.8) is 0 Å².